The predicted molar refractivity (Wildman–Crippen MR) is 80.8 cm³/mol. The molecule has 0 aliphatic carbocycles. The van der Waals surface area contributed by atoms with E-state index in [9.17, 15) is 0 Å². The Morgan fingerprint density at radius 3 is 2.79 bits per heavy atom. The summed E-state index contributed by atoms with van der Waals surface area (Å²) in [6, 6.07) is 9.52. The fourth-order valence-electron chi connectivity index (χ4n) is 1.95. The SMILES string of the molecule is CNC(c1ccc(Cl)c(Br)c1)c1ncccc1OC. The van der Waals surface area contributed by atoms with Crippen LogP contribution in [0.2, 0.25) is 5.02 Å². The zero-order chi connectivity index (χ0) is 13.8. The average Bonchev–Trinajstić information content (AvgIpc) is 2.44. The van der Waals surface area contributed by atoms with Crippen LogP contribution in [0, 0.1) is 0 Å². The number of rotatable bonds is 4. The quantitative estimate of drug-likeness (QED) is 0.918. The van der Waals surface area contributed by atoms with Gasteiger partial charge in [0.1, 0.15) is 11.4 Å². The summed E-state index contributed by atoms with van der Waals surface area (Å²) in [5.74, 6) is 0.757. The summed E-state index contributed by atoms with van der Waals surface area (Å²) < 4.78 is 6.23. The molecule has 1 unspecified atom stereocenters. The number of nitrogens with one attached hydrogen (secondary N) is 1. The highest BCUT2D eigenvalue weighted by Crippen LogP contribution is 2.31. The topological polar surface area (TPSA) is 34.2 Å². The summed E-state index contributed by atoms with van der Waals surface area (Å²) in [6.45, 7) is 0. The van der Waals surface area contributed by atoms with Gasteiger partial charge in [0.2, 0.25) is 0 Å². The number of methoxy groups -OCH3 is 1. The smallest absolute Gasteiger partial charge is 0.142 e. The van der Waals surface area contributed by atoms with Crippen molar-refractivity contribution in [3.63, 3.8) is 0 Å². The molecular weight excluding hydrogens is 328 g/mol. The minimum atomic E-state index is -0.0512. The molecule has 100 valence electrons. The summed E-state index contributed by atoms with van der Waals surface area (Å²) in [5.41, 5.74) is 1.91. The first kappa shape index (κ1) is 14.3. The number of nitrogens with zero attached hydrogens (tertiary/aromatic N) is 1. The molecule has 0 saturated carbocycles. The molecule has 0 spiro atoms. The zero-order valence-electron chi connectivity index (χ0n) is 10.7. The van der Waals surface area contributed by atoms with Gasteiger partial charge in [-0.25, -0.2) is 0 Å². The van der Waals surface area contributed by atoms with Crippen LogP contribution in [0.3, 0.4) is 0 Å². The van der Waals surface area contributed by atoms with Crippen LogP contribution >= 0.6 is 27.5 Å². The molecule has 0 saturated heterocycles. The third kappa shape index (κ3) is 3.08. The van der Waals surface area contributed by atoms with Crippen LogP contribution in [0.25, 0.3) is 0 Å². The van der Waals surface area contributed by atoms with Crippen LogP contribution in [0.15, 0.2) is 41.0 Å². The number of pyridine rings is 1. The van der Waals surface area contributed by atoms with Gasteiger partial charge in [-0.2, -0.15) is 0 Å². The first-order valence-corrected chi connectivity index (χ1v) is 6.95. The Bertz CT molecular complexity index is 577. The van der Waals surface area contributed by atoms with Gasteiger partial charge in [-0.15, -0.1) is 0 Å². The van der Waals surface area contributed by atoms with Crippen LogP contribution in [-0.4, -0.2) is 19.1 Å². The predicted octanol–water partition coefficient (Wildman–Crippen LogP) is 3.81. The third-order valence-electron chi connectivity index (χ3n) is 2.86. The first-order valence-electron chi connectivity index (χ1n) is 5.78. The molecule has 2 aromatic rings. The summed E-state index contributed by atoms with van der Waals surface area (Å²) in [5, 5.41) is 3.94. The van der Waals surface area contributed by atoms with E-state index < -0.39 is 0 Å². The maximum absolute atomic E-state index is 6.03. The molecular formula is C14H14BrClN2O. The Kier molecular flexibility index (Phi) is 4.80. The van der Waals surface area contributed by atoms with E-state index in [4.69, 9.17) is 16.3 Å². The normalized spacial score (nSPS) is 12.2. The van der Waals surface area contributed by atoms with Crippen LogP contribution < -0.4 is 10.1 Å². The van der Waals surface area contributed by atoms with E-state index in [-0.39, 0.29) is 6.04 Å². The molecule has 1 atom stereocenters. The lowest BCUT2D eigenvalue weighted by molar-refractivity contribution is 0.401. The second-order valence-corrected chi connectivity index (χ2v) is 5.25. The molecule has 0 fully saturated rings. The Morgan fingerprint density at radius 2 is 2.16 bits per heavy atom. The first-order chi connectivity index (χ1) is 9.17. The van der Waals surface area contributed by atoms with Crippen molar-refractivity contribution in [2.24, 2.45) is 0 Å². The summed E-state index contributed by atoms with van der Waals surface area (Å²) >= 11 is 9.47. The lowest BCUT2D eigenvalue weighted by Crippen LogP contribution is -2.19. The van der Waals surface area contributed by atoms with Crippen molar-refractivity contribution in [1.29, 1.82) is 0 Å². The van der Waals surface area contributed by atoms with Crippen molar-refractivity contribution in [1.82, 2.24) is 10.3 Å². The van der Waals surface area contributed by atoms with Gasteiger partial charge in [0.15, 0.2) is 0 Å². The molecule has 1 heterocycles. The molecule has 5 heteroatoms. The van der Waals surface area contributed by atoms with Gasteiger partial charge in [0.05, 0.1) is 18.2 Å². The number of hydrogen-bond donors (Lipinski definition) is 1. The second-order valence-electron chi connectivity index (χ2n) is 3.99. The van der Waals surface area contributed by atoms with E-state index in [0.29, 0.717) is 5.02 Å². The van der Waals surface area contributed by atoms with Crippen molar-refractivity contribution < 1.29 is 4.74 Å². The highest BCUT2D eigenvalue weighted by atomic mass is 79.9. The van der Waals surface area contributed by atoms with E-state index in [2.05, 4.69) is 26.2 Å². The van der Waals surface area contributed by atoms with E-state index in [0.717, 1.165) is 21.5 Å². The maximum atomic E-state index is 6.03. The summed E-state index contributed by atoms with van der Waals surface area (Å²) in [6.07, 6.45) is 1.76. The summed E-state index contributed by atoms with van der Waals surface area (Å²) in [7, 11) is 3.53. The Balaban J connectivity index is 2.46. The lowest BCUT2D eigenvalue weighted by Gasteiger charge is -2.19. The largest absolute Gasteiger partial charge is 0.495 e. The molecule has 0 aliphatic rings. The number of ether oxygens (including phenoxy) is 1. The van der Waals surface area contributed by atoms with E-state index in [1.165, 1.54) is 0 Å². The molecule has 0 amide bonds. The van der Waals surface area contributed by atoms with Gasteiger partial charge < -0.3 is 10.1 Å². The van der Waals surface area contributed by atoms with E-state index in [1.807, 2.05) is 37.4 Å². The van der Waals surface area contributed by atoms with Crippen LogP contribution in [-0.2, 0) is 0 Å². The van der Waals surface area contributed by atoms with Gasteiger partial charge in [0, 0.05) is 10.7 Å². The minimum absolute atomic E-state index is 0.0512. The van der Waals surface area contributed by atoms with Crippen molar-refractivity contribution in [3.05, 3.63) is 57.3 Å². The van der Waals surface area contributed by atoms with Crippen molar-refractivity contribution in [2.75, 3.05) is 14.2 Å². The zero-order valence-corrected chi connectivity index (χ0v) is 13.0. The van der Waals surface area contributed by atoms with Crippen molar-refractivity contribution >= 4 is 27.5 Å². The van der Waals surface area contributed by atoms with Crippen LogP contribution in [0.4, 0.5) is 0 Å². The van der Waals surface area contributed by atoms with E-state index in [1.54, 1.807) is 13.3 Å². The lowest BCUT2D eigenvalue weighted by atomic mass is 10.0. The molecule has 0 aliphatic heterocycles. The highest BCUT2D eigenvalue weighted by molar-refractivity contribution is 9.10. The van der Waals surface area contributed by atoms with Crippen LogP contribution in [0.5, 0.6) is 5.75 Å². The Labute approximate surface area is 126 Å². The molecule has 0 radical (unpaired) electrons. The highest BCUT2D eigenvalue weighted by Gasteiger charge is 2.18. The van der Waals surface area contributed by atoms with Gasteiger partial charge in [-0.1, -0.05) is 17.7 Å². The van der Waals surface area contributed by atoms with E-state index >= 15 is 0 Å². The number of aromatic nitrogens is 1. The van der Waals surface area contributed by atoms with Gasteiger partial charge >= 0.3 is 0 Å². The molecule has 2 rings (SSSR count). The standard InChI is InChI=1S/C14H14BrClN2O/c1-17-13(9-5-6-11(16)10(15)8-9)14-12(19-2)4-3-7-18-14/h3-8,13,17H,1-2H3. The molecule has 1 aromatic heterocycles. The van der Waals surface area contributed by atoms with Gasteiger partial charge in [-0.3, -0.25) is 4.98 Å². The average molecular weight is 342 g/mol. The van der Waals surface area contributed by atoms with Gasteiger partial charge in [-0.05, 0) is 52.8 Å². The van der Waals surface area contributed by atoms with Crippen LogP contribution in [0.1, 0.15) is 17.3 Å². The maximum Gasteiger partial charge on any atom is 0.142 e. The monoisotopic (exact) mass is 340 g/mol. The van der Waals surface area contributed by atoms with Crippen molar-refractivity contribution in [2.45, 2.75) is 6.04 Å². The fourth-order valence-corrected chi connectivity index (χ4v) is 2.46. The fraction of sp³-hybridized carbons (Fsp3) is 0.214. The van der Waals surface area contributed by atoms with Crippen molar-refractivity contribution in [3.8, 4) is 5.75 Å². The Hall–Kier alpha value is -1.10. The number of hydrogen-bond acceptors (Lipinski definition) is 3. The minimum Gasteiger partial charge on any atom is -0.495 e. The number of benzene rings is 1. The molecule has 3 nitrogen and oxygen atoms in total. The molecule has 1 aromatic carbocycles. The Morgan fingerprint density at radius 1 is 1.37 bits per heavy atom. The third-order valence-corrected chi connectivity index (χ3v) is 4.07. The van der Waals surface area contributed by atoms with Gasteiger partial charge in [0.25, 0.3) is 0 Å². The molecule has 1 N–H and O–H groups in total. The molecule has 19 heavy (non-hydrogen) atoms. The summed E-state index contributed by atoms with van der Waals surface area (Å²) in [4.78, 5) is 4.41. The molecule has 0 bridgehead atoms. The second kappa shape index (κ2) is 6.37. The number of halogens is 2.